The molecule has 2 aromatic rings. The number of hydrogen-bond donors (Lipinski definition) is 3. The van der Waals surface area contributed by atoms with Crippen LogP contribution in [0.25, 0.3) is 0 Å². The Morgan fingerprint density at radius 2 is 2.25 bits per heavy atom. The molecule has 24 heavy (non-hydrogen) atoms. The van der Waals surface area contributed by atoms with Gasteiger partial charge in [0.15, 0.2) is 17.6 Å². The van der Waals surface area contributed by atoms with Gasteiger partial charge in [0.25, 0.3) is 0 Å². The van der Waals surface area contributed by atoms with Crippen molar-refractivity contribution in [2.45, 2.75) is 42.4 Å². The minimum absolute atomic E-state index is 0.0448. The SMILES string of the molecule is CN1CC[C@]23c4c5ccc(O)c4O[C@H]2c2[nH]ncc2C[C@@]3(O)[C@H]1C5. The summed E-state index contributed by atoms with van der Waals surface area (Å²) in [5.41, 5.74) is 2.77. The van der Waals surface area contributed by atoms with E-state index in [-0.39, 0.29) is 17.9 Å². The molecule has 2 aliphatic heterocycles. The largest absolute Gasteiger partial charge is 0.504 e. The number of likely N-dealkylation sites (tertiary alicyclic amines) is 1. The van der Waals surface area contributed by atoms with Gasteiger partial charge in [0, 0.05) is 18.0 Å². The summed E-state index contributed by atoms with van der Waals surface area (Å²) in [4.78, 5) is 2.28. The van der Waals surface area contributed by atoms with E-state index in [1.807, 2.05) is 6.07 Å². The van der Waals surface area contributed by atoms with E-state index in [9.17, 15) is 10.2 Å². The van der Waals surface area contributed by atoms with Crippen molar-refractivity contribution >= 4 is 0 Å². The van der Waals surface area contributed by atoms with Gasteiger partial charge in [-0.2, -0.15) is 5.10 Å². The second kappa shape index (κ2) is 3.78. The number of nitrogens with one attached hydrogen (secondary N) is 1. The summed E-state index contributed by atoms with van der Waals surface area (Å²) >= 11 is 0. The summed E-state index contributed by atoms with van der Waals surface area (Å²) in [7, 11) is 2.09. The number of aliphatic hydroxyl groups is 1. The third kappa shape index (κ3) is 1.15. The molecule has 0 radical (unpaired) electrons. The average molecular weight is 325 g/mol. The lowest BCUT2D eigenvalue weighted by molar-refractivity contribution is -0.167. The van der Waals surface area contributed by atoms with Crippen LogP contribution in [0.1, 0.15) is 34.9 Å². The van der Waals surface area contributed by atoms with Gasteiger partial charge in [-0.15, -0.1) is 0 Å². The maximum Gasteiger partial charge on any atom is 0.166 e. The number of aromatic nitrogens is 2. The van der Waals surface area contributed by atoms with E-state index < -0.39 is 11.0 Å². The molecule has 4 aliphatic rings. The van der Waals surface area contributed by atoms with Crippen molar-refractivity contribution in [1.29, 1.82) is 0 Å². The monoisotopic (exact) mass is 325 g/mol. The fourth-order valence-corrected chi connectivity index (χ4v) is 5.92. The first-order chi connectivity index (χ1) is 11.6. The summed E-state index contributed by atoms with van der Waals surface area (Å²) in [6.45, 7) is 0.908. The van der Waals surface area contributed by atoms with Gasteiger partial charge in [-0.05, 0) is 43.6 Å². The minimum atomic E-state index is -0.909. The van der Waals surface area contributed by atoms with E-state index in [0.717, 1.165) is 36.2 Å². The maximum absolute atomic E-state index is 12.0. The predicted octanol–water partition coefficient (Wildman–Crippen LogP) is 1.03. The zero-order chi connectivity index (χ0) is 16.3. The van der Waals surface area contributed by atoms with Crippen LogP contribution in [-0.4, -0.2) is 50.5 Å². The van der Waals surface area contributed by atoms with E-state index >= 15 is 0 Å². The number of likely N-dealkylation sites (N-methyl/N-ethyl adjacent to an activating group) is 1. The zero-order valence-corrected chi connectivity index (χ0v) is 13.4. The Morgan fingerprint density at radius 1 is 1.38 bits per heavy atom. The number of H-pyrrole nitrogens is 1. The first kappa shape index (κ1) is 13.3. The second-order valence-corrected chi connectivity index (χ2v) is 7.78. The number of phenols is 1. The topological polar surface area (TPSA) is 81.6 Å². The van der Waals surface area contributed by atoms with Crippen LogP contribution in [0.15, 0.2) is 18.3 Å². The van der Waals surface area contributed by atoms with Crippen molar-refractivity contribution in [3.8, 4) is 11.5 Å². The number of phenolic OH excluding ortho intramolecular Hbond substituents is 1. The molecule has 1 spiro atoms. The Bertz CT molecular complexity index is 894. The number of nitrogens with zero attached hydrogens (tertiary/aromatic N) is 2. The second-order valence-electron chi connectivity index (χ2n) is 7.78. The first-order valence-corrected chi connectivity index (χ1v) is 8.53. The van der Waals surface area contributed by atoms with Gasteiger partial charge < -0.3 is 19.8 Å². The molecule has 2 aliphatic carbocycles. The third-order valence-electron chi connectivity index (χ3n) is 6.95. The van der Waals surface area contributed by atoms with Crippen molar-refractivity contribution in [3.05, 3.63) is 40.7 Å². The lowest BCUT2D eigenvalue weighted by Gasteiger charge is -2.62. The number of fused-ring (bicyclic) bond motifs is 2. The number of piperidine rings is 1. The van der Waals surface area contributed by atoms with Gasteiger partial charge in [0.2, 0.25) is 0 Å². The normalized spacial score (nSPS) is 38.4. The molecule has 0 unspecified atom stereocenters. The molecular weight excluding hydrogens is 306 g/mol. The van der Waals surface area contributed by atoms with E-state index in [1.54, 1.807) is 12.3 Å². The number of rotatable bonds is 0. The maximum atomic E-state index is 12.0. The molecule has 6 nitrogen and oxygen atoms in total. The molecule has 124 valence electrons. The van der Waals surface area contributed by atoms with Crippen LogP contribution in [0.5, 0.6) is 11.5 Å². The lowest BCUT2D eigenvalue weighted by Crippen LogP contribution is -2.73. The third-order valence-corrected chi connectivity index (χ3v) is 6.95. The highest BCUT2D eigenvalue weighted by atomic mass is 16.5. The summed E-state index contributed by atoms with van der Waals surface area (Å²) in [6, 6.07) is 3.76. The standard InChI is InChI=1S/C18H19N3O3/c1-21-5-4-17-13-9-2-3-11(22)15(13)24-16(17)14-10(8-19-20-14)7-18(17,23)12(21)6-9/h2-3,8,12,16,22-23H,4-7H2,1H3,(H,19,20)/t12-,16+,17+,18-/m1/s1. The van der Waals surface area contributed by atoms with Gasteiger partial charge in [-0.3, -0.25) is 5.10 Å². The van der Waals surface area contributed by atoms with Crippen LogP contribution in [0.2, 0.25) is 0 Å². The van der Waals surface area contributed by atoms with Gasteiger partial charge >= 0.3 is 0 Å². The molecular formula is C18H19N3O3. The highest BCUT2D eigenvalue weighted by molar-refractivity contribution is 5.64. The van der Waals surface area contributed by atoms with Gasteiger partial charge in [-0.1, -0.05) is 6.07 Å². The van der Waals surface area contributed by atoms with Crippen LogP contribution in [0.3, 0.4) is 0 Å². The Morgan fingerprint density at radius 3 is 3.12 bits per heavy atom. The van der Waals surface area contributed by atoms with Gasteiger partial charge in [0.1, 0.15) is 0 Å². The van der Waals surface area contributed by atoms with E-state index in [1.165, 1.54) is 5.56 Å². The van der Waals surface area contributed by atoms with Crippen molar-refractivity contribution in [2.75, 3.05) is 13.6 Å². The Kier molecular flexibility index (Phi) is 2.09. The highest BCUT2D eigenvalue weighted by Gasteiger charge is 2.72. The molecule has 3 heterocycles. The van der Waals surface area contributed by atoms with Crippen LogP contribution in [0, 0.1) is 0 Å². The molecule has 1 fully saturated rings. The van der Waals surface area contributed by atoms with Gasteiger partial charge in [-0.25, -0.2) is 0 Å². The molecule has 6 heteroatoms. The molecule has 0 saturated carbocycles. The van der Waals surface area contributed by atoms with E-state index in [2.05, 4.69) is 22.1 Å². The molecule has 0 amide bonds. The number of benzene rings is 1. The number of hydrogen-bond acceptors (Lipinski definition) is 5. The van der Waals surface area contributed by atoms with Crippen molar-refractivity contribution in [2.24, 2.45) is 0 Å². The van der Waals surface area contributed by atoms with Crippen LogP contribution < -0.4 is 4.74 Å². The summed E-state index contributed by atoms with van der Waals surface area (Å²) in [5.74, 6) is 0.722. The molecule has 6 rings (SSSR count). The molecule has 3 N–H and O–H groups in total. The minimum Gasteiger partial charge on any atom is -0.504 e. The van der Waals surface area contributed by atoms with Crippen molar-refractivity contribution in [1.82, 2.24) is 15.1 Å². The summed E-state index contributed by atoms with van der Waals surface area (Å²) in [5, 5.41) is 29.7. The van der Waals surface area contributed by atoms with Crippen molar-refractivity contribution < 1.29 is 14.9 Å². The molecule has 2 bridgehead atoms. The predicted molar refractivity (Wildman–Crippen MR) is 85.1 cm³/mol. The van der Waals surface area contributed by atoms with E-state index in [4.69, 9.17) is 4.74 Å². The smallest absolute Gasteiger partial charge is 0.166 e. The number of ether oxygens (including phenoxy) is 1. The van der Waals surface area contributed by atoms with Crippen LogP contribution >= 0.6 is 0 Å². The Hall–Kier alpha value is -2.05. The number of aromatic amines is 1. The molecule has 1 aromatic carbocycles. The van der Waals surface area contributed by atoms with E-state index in [0.29, 0.717) is 12.2 Å². The van der Waals surface area contributed by atoms with Gasteiger partial charge in [0.05, 0.1) is 22.9 Å². The summed E-state index contributed by atoms with van der Waals surface area (Å²) < 4.78 is 6.29. The zero-order valence-electron chi connectivity index (χ0n) is 13.4. The van der Waals surface area contributed by atoms with Crippen LogP contribution in [0.4, 0.5) is 0 Å². The average Bonchev–Trinajstić information content (AvgIpc) is 3.13. The number of aromatic hydroxyl groups is 1. The highest BCUT2D eigenvalue weighted by Crippen LogP contribution is 2.68. The van der Waals surface area contributed by atoms with Crippen molar-refractivity contribution in [3.63, 3.8) is 0 Å². The first-order valence-electron chi connectivity index (χ1n) is 8.53. The molecule has 1 saturated heterocycles. The van der Waals surface area contributed by atoms with Crippen LogP contribution in [-0.2, 0) is 18.3 Å². The Balaban J connectivity index is 1.75. The summed E-state index contributed by atoms with van der Waals surface area (Å²) in [6.07, 6.45) is 3.65. The lowest BCUT2D eigenvalue weighted by atomic mass is 9.49. The quantitative estimate of drug-likeness (QED) is 0.674. The fraction of sp³-hybridized carbons (Fsp3) is 0.500. The fourth-order valence-electron chi connectivity index (χ4n) is 5.92. The molecule has 1 aromatic heterocycles. The molecule has 4 atom stereocenters. The Labute approximate surface area is 139 Å².